The van der Waals surface area contributed by atoms with Crippen LogP contribution in [0.4, 0.5) is 10.8 Å². The third-order valence-corrected chi connectivity index (χ3v) is 5.32. The highest BCUT2D eigenvalue weighted by Crippen LogP contribution is 2.27. The molecule has 0 bridgehead atoms. The summed E-state index contributed by atoms with van der Waals surface area (Å²) in [5.41, 5.74) is 2.43. The topological polar surface area (TPSA) is 93.2 Å². The van der Waals surface area contributed by atoms with Crippen molar-refractivity contribution in [3.05, 3.63) is 59.7 Å². The van der Waals surface area contributed by atoms with Gasteiger partial charge < -0.3 is 15.4 Å². The van der Waals surface area contributed by atoms with Gasteiger partial charge >= 0.3 is 5.97 Å². The SMILES string of the molecule is CC(C)C[C@H](NC(=O)c1ccc(-c2csc(Nc3cccnc3)n2)cc1)C(=O)OC(C)(C)C. The van der Waals surface area contributed by atoms with E-state index in [2.05, 4.69) is 20.6 Å². The smallest absolute Gasteiger partial charge is 0.329 e. The molecule has 0 aliphatic heterocycles. The zero-order valence-corrected chi connectivity index (χ0v) is 20.4. The fourth-order valence-electron chi connectivity index (χ4n) is 3.12. The van der Waals surface area contributed by atoms with Gasteiger partial charge in [-0.2, -0.15) is 0 Å². The molecule has 8 heteroatoms. The number of hydrogen-bond acceptors (Lipinski definition) is 7. The number of nitrogens with one attached hydrogen (secondary N) is 2. The molecule has 3 aromatic rings. The molecule has 7 nitrogen and oxygen atoms in total. The molecule has 0 aliphatic carbocycles. The fourth-order valence-corrected chi connectivity index (χ4v) is 3.86. The van der Waals surface area contributed by atoms with Gasteiger partial charge in [0.25, 0.3) is 5.91 Å². The molecule has 0 radical (unpaired) electrons. The highest BCUT2D eigenvalue weighted by molar-refractivity contribution is 7.14. The summed E-state index contributed by atoms with van der Waals surface area (Å²) >= 11 is 1.49. The Morgan fingerprint density at radius 3 is 2.45 bits per heavy atom. The summed E-state index contributed by atoms with van der Waals surface area (Å²) < 4.78 is 5.49. The maximum Gasteiger partial charge on any atom is 0.329 e. The molecule has 0 saturated heterocycles. The molecular formula is C25H30N4O3S. The Balaban J connectivity index is 1.67. The van der Waals surface area contributed by atoms with Crippen LogP contribution in [0.15, 0.2) is 54.2 Å². The van der Waals surface area contributed by atoms with E-state index in [1.807, 2.05) is 64.3 Å². The van der Waals surface area contributed by atoms with Gasteiger partial charge in [0.15, 0.2) is 5.13 Å². The Kier molecular flexibility index (Phi) is 7.81. The van der Waals surface area contributed by atoms with Crippen molar-refractivity contribution in [1.82, 2.24) is 15.3 Å². The third kappa shape index (κ3) is 7.39. The van der Waals surface area contributed by atoms with Gasteiger partial charge in [-0.1, -0.05) is 26.0 Å². The first-order valence-corrected chi connectivity index (χ1v) is 11.8. The second-order valence-electron chi connectivity index (χ2n) is 9.17. The van der Waals surface area contributed by atoms with E-state index in [9.17, 15) is 9.59 Å². The van der Waals surface area contributed by atoms with Crippen molar-refractivity contribution in [3.8, 4) is 11.3 Å². The Bertz CT molecular complexity index is 1070. The number of nitrogens with zero attached hydrogens (tertiary/aromatic N) is 2. The Labute approximate surface area is 198 Å². The van der Waals surface area contributed by atoms with E-state index in [0.29, 0.717) is 12.0 Å². The van der Waals surface area contributed by atoms with Gasteiger partial charge in [-0.05, 0) is 57.4 Å². The van der Waals surface area contributed by atoms with Crippen molar-refractivity contribution in [2.24, 2.45) is 5.92 Å². The number of ether oxygens (including phenoxy) is 1. The van der Waals surface area contributed by atoms with Crippen LogP contribution in [0.25, 0.3) is 11.3 Å². The number of thiazole rings is 1. The summed E-state index contributed by atoms with van der Waals surface area (Å²) in [5, 5.41) is 8.77. The van der Waals surface area contributed by atoms with Crippen molar-refractivity contribution in [3.63, 3.8) is 0 Å². The Morgan fingerprint density at radius 2 is 1.85 bits per heavy atom. The summed E-state index contributed by atoms with van der Waals surface area (Å²) in [6.07, 6.45) is 3.96. The predicted octanol–water partition coefficient (Wildman–Crippen LogP) is 5.43. The maximum absolute atomic E-state index is 12.8. The van der Waals surface area contributed by atoms with Gasteiger partial charge in [-0.3, -0.25) is 9.78 Å². The zero-order valence-electron chi connectivity index (χ0n) is 19.6. The van der Waals surface area contributed by atoms with Crippen LogP contribution in [-0.4, -0.2) is 33.5 Å². The number of hydrogen-bond donors (Lipinski definition) is 2. The lowest BCUT2D eigenvalue weighted by molar-refractivity contribution is -0.157. The summed E-state index contributed by atoms with van der Waals surface area (Å²) in [6.45, 7) is 9.45. The van der Waals surface area contributed by atoms with E-state index >= 15 is 0 Å². The standard InChI is InChI=1S/C25H30N4O3S/c1-16(2)13-20(23(31)32-25(3,4)5)28-22(30)18-10-8-17(9-11-18)21-15-33-24(29-21)27-19-7-6-12-26-14-19/h6-12,14-16,20H,13H2,1-5H3,(H,27,29)(H,28,30)/t20-/m0/s1. The minimum absolute atomic E-state index is 0.226. The third-order valence-electron chi connectivity index (χ3n) is 4.56. The first kappa shape index (κ1) is 24.4. The molecule has 0 aliphatic rings. The first-order valence-electron chi connectivity index (χ1n) is 10.9. The average molecular weight is 467 g/mol. The van der Waals surface area contributed by atoms with Gasteiger partial charge in [-0.25, -0.2) is 9.78 Å². The molecular weight excluding hydrogens is 436 g/mol. The van der Waals surface area contributed by atoms with E-state index in [0.717, 1.165) is 22.1 Å². The fraction of sp³-hybridized carbons (Fsp3) is 0.360. The first-order chi connectivity index (χ1) is 15.6. The lowest BCUT2D eigenvalue weighted by Gasteiger charge is -2.25. The monoisotopic (exact) mass is 466 g/mol. The van der Waals surface area contributed by atoms with Crippen LogP contribution in [-0.2, 0) is 9.53 Å². The summed E-state index contributed by atoms with van der Waals surface area (Å²) in [7, 11) is 0. The molecule has 0 spiro atoms. The van der Waals surface area contributed by atoms with Crippen LogP contribution in [0.2, 0.25) is 0 Å². The number of rotatable bonds is 8. The molecule has 1 aromatic carbocycles. The number of benzene rings is 1. The number of carbonyl (C=O) groups is 2. The largest absolute Gasteiger partial charge is 0.458 e. The van der Waals surface area contributed by atoms with Crippen molar-refractivity contribution < 1.29 is 14.3 Å². The van der Waals surface area contributed by atoms with Crippen LogP contribution in [0.3, 0.4) is 0 Å². The van der Waals surface area contributed by atoms with Crippen molar-refractivity contribution >= 4 is 34.0 Å². The Morgan fingerprint density at radius 1 is 1.12 bits per heavy atom. The number of carbonyl (C=O) groups excluding carboxylic acids is 2. The molecule has 0 saturated carbocycles. The second-order valence-corrected chi connectivity index (χ2v) is 10.0. The van der Waals surface area contributed by atoms with E-state index in [1.54, 1.807) is 24.5 Å². The summed E-state index contributed by atoms with van der Waals surface area (Å²) in [5.74, 6) is -0.503. The van der Waals surface area contributed by atoms with Crippen molar-refractivity contribution in [1.29, 1.82) is 0 Å². The van der Waals surface area contributed by atoms with Gasteiger partial charge in [0.1, 0.15) is 11.6 Å². The number of pyridine rings is 1. The summed E-state index contributed by atoms with van der Waals surface area (Å²) in [6, 6.07) is 10.3. The van der Waals surface area contributed by atoms with Gasteiger partial charge in [-0.15, -0.1) is 11.3 Å². The second kappa shape index (κ2) is 10.6. The molecule has 33 heavy (non-hydrogen) atoms. The molecule has 0 fully saturated rings. The minimum Gasteiger partial charge on any atom is -0.458 e. The normalized spacial score (nSPS) is 12.3. The molecule has 1 atom stereocenters. The highest BCUT2D eigenvalue weighted by atomic mass is 32.1. The van der Waals surface area contributed by atoms with Crippen molar-refractivity contribution in [2.45, 2.75) is 52.7 Å². The van der Waals surface area contributed by atoms with Gasteiger partial charge in [0.2, 0.25) is 0 Å². The van der Waals surface area contributed by atoms with Crippen LogP contribution in [0.5, 0.6) is 0 Å². The molecule has 1 amide bonds. The lowest BCUT2D eigenvalue weighted by atomic mass is 10.0. The molecule has 0 unspecified atom stereocenters. The molecule has 3 rings (SSSR count). The lowest BCUT2D eigenvalue weighted by Crippen LogP contribution is -2.44. The molecule has 2 aromatic heterocycles. The van der Waals surface area contributed by atoms with Gasteiger partial charge in [0, 0.05) is 22.7 Å². The molecule has 174 valence electrons. The molecule has 2 N–H and O–H groups in total. The average Bonchev–Trinajstić information content (AvgIpc) is 3.21. The number of aromatic nitrogens is 2. The highest BCUT2D eigenvalue weighted by Gasteiger charge is 2.27. The molecule has 2 heterocycles. The van der Waals surface area contributed by atoms with Gasteiger partial charge in [0.05, 0.1) is 17.6 Å². The Hall–Kier alpha value is -3.26. The van der Waals surface area contributed by atoms with Crippen LogP contribution >= 0.6 is 11.3 Å². The zero-order chi connectivity index (χ0) is 24.0. The van der Waals surface area contributed by atoms with E-state index in [4.69, 9.17) is 4.74 Å². The van der Waals surface area contributed by atoms with Crippen LogP contribution in [0, 0.1) is 5.92 Å². The minimum atomic E-state index is -0.698. The number of esters is 1. The quantitative estimate of drug-likeness (QED) is 0.430. The van der Waals surface area contributed by atoms with Crippen LogP contribution in [0.1, 0.15) is 51.4 Å². The van der Waals surface area contributed by atoms with E-state index in [1.165, 1.54) is 11.3 Å². The summed E-state index contributed by atoms with van der Waals surface area (Å²) in [4.78, 5) is 34.1. The van der Waals surface area contributed by atoms with E-state index < -0.39 is 17.6 Å². The van der Waals surface area contributed by atoms with E-state index in [-0.39, 0.29) is 11.8 Å². The van der Waals surface area contributed by atoms with Crippen LogP contribution < -0.4 is 10.6 Å². The number of amides is 1. The maximum atomic E-state index is 12.8. The number of anilines is 2. The van der Waals surface area contributed by atoms with Crippen molar-refractivity contribution in [2.75, 3.05) is 5.32 Å². The predicted molar refractivity (Wildman–Crippen MR) is 132 cm³/mol.